The Morgan fingerprint density at radius 2 is 1.79 bits per heavy atom. The van der Waals surface area contributed by atoms with Gasteiger partial charge in [-0.1, -0.05) is 50.2 Å². The number of aliphatic hydroxyl groups is 1. The van der Waals surface area contributed by atoms with Gasteiger partial charge in [0, 0.05) is 24.5 Å². The Hall–Kier alpha value is -3.02. The van der Waals surface area contributed by atoms with Gasteiger partial charge in [-0.3, -0.25) is 0 Å². The van der Waals surface area contributed by atoms with Crippen LogP contribution >= 0.6 is 0 Å². The van der Waals surface area contributed by atoms with Gasteiger partial charge in [0.1, 0.15) is 30.3 Å². The van der Waals surface area contributed by atoms with Gasteiger partial charge in [-0.25, -0.2) is 0 Å². The van der Waals surface area contributed by atoms with Crippen LogP contribution in [0.1, 0.15) is 31.4 Å². The number of fused-ring (bicyclic) bond motifs is 1. The Kier molecular flexibility index (Phi) is 9.60. The van der Waals surface area contributed by atoms with Gasteiger partial charge >= 0.3 is 0 Å². The number of hydrogen-bond acceptors (Lipinski definition) is 5. The molecule has 0 radical (unpaired) electrons. The van der Waals surface area contributed by atoms with Gasteiger partial charge in [0.15, 0.2) is 0 Å². The molecule has 2 unspecified atom stereocenters. The number of para-hydroxylation sites is 2. The first-order chi connectivity index (χ1) is 16.2. The van der Waals surface area contributed by atoms with E-state index in [9.17, 15) is 5.11 Å². The Morgan fingerprint density at radius 1 is 1.03 bits per heavy atom. The second kappa shape index (κ2) is 12.9. The molecule has 1 heterocycles. The number of hydrogen-bond donors (Lipinski definition) is 3. The second-order valence-corrected chi connectivity index (χ2v) is 7.98. The molecular weight excluding hydrogens is 412 g/mol. The summed E-state index contributed by atoms with van der Waals surface area (Å²) >= 11 is 0. The highest BCUT2D eigenvalue weighted by Gasteiger charge is 2.20. The second-order valence-electron chi connectivity index (χ2n) is 7.98. The van der Waals surface area contributed by atoms with Gasteiger partial charge in [-0.05, 0) is 67.3 Å². The minimum atomic E-state index is -0.564. The van der Waals surface area contributed by atoms with Crippen LogP contribution in [0.4, 0.5) is 11.4 Å². The molecule has 0 spiro atoms. The van der Waals surface area contributed by atoms with Gasteiger partial charge in [0.2, 0.25) is 0 Å². The highest BCUT2D eigenvalue weighted by atomic mass is 16.5. The molecule has 2 atom stereocenters. The van der Waals surface area contributed by atoms with Gasteiger partial charge in [-0.2, -0.15) is 0 Å². The van der Waals surface area contributed by atoms with Crippen molar-refractivity contribution in [2.75, 3.05) is 25.0 Å². The van der Waals surface area contributed by atoms with Crippen LogP contribution in [0.25, 0.3) is 0 Å². The third-order valence-corrected chi connectivity index (χ3v) is 5.45. The van der Waals surface area contributed by atoms with E-state index in [0.717, 1.165) is 35.7 Å². The third kappa shape index (κ3) is 7.52. The number of anilines is 2. The van der Waals surface area contributed by atoms with Crippen molar-refractivity contribution in [3.05, 3.63) is 83.9 Å². The summed E-state index contributed by atoms with van der Waals surface area (Å²) in [6.07, 6.45) is 1.46. The average Bonchev–Trinajstić information content (AvgIpc) is 2.86. The minimum Gasteiger partial charge on any atom is -0.491 e. The monoisotopic (exact) mass is 448 g/mol. The molecule has 0 amide bonds. The zero-order chi connectivity index (χ0) is 23.5. The smallest absolute Gasteiger partial charge is 0.123 e. The number of rotatable bonds is 9. The van der Waals surface area contributed by atoms with E-state index in [1.165, 1.54) is 11.1 Å². The lowest BCUT2D eigenvalue weighted by atomic mass is 10.0. The van der Waals surface area contributed by atoms with Crippen molar-refractivity contribution in [2.24, 2.45) is 0 Å². The molecular formula is C28H36N2O3. The maximum Gasteiger partial charge on any atom is 0.123 e. The van der Waals surface area contributed by atoms with Crippen LogP contribution in [0.3, 0.4) is 0 Å². The Bertz CT molecular complexity index is 978. The molecule has 5 heteroatoms. The van der Waals surface area contributed by atoms with E-state index in [-0.39, 0.29) is 12.7 Å². The lowest BCUT2D eigenvalue weighted by molar-refractivity contribution is 0.0998. The van der Waals surface area contributed by atoms with Crippen molar-refractivity contribution in [1.29, 1.82) is 0 Å². The maximum absolute atomic E-state index is 10.1. The minimum absolute atomic E-state index is 0.102. The number of nitrogens with one attached hydrogen (secondary N) is 2. The van der Waals surface area contributed by atoms with Crippen molar-refractivity contribution >= 4 is 11.4 Å². The number of ether oxygens (including phenoxy) is 2. The first-order valence-corrected chi connectivity index (χ1v) is 11.9. The van der Waals surface area contributed by atoms with E-state index in [4.69, 9.17) is 9.47 Å². The van der Waals surface area contributed by atoms with Crippen LogP contribution in [0.5, 0.6) is 11.5 Å². The number of benzene rings is 3. The third-order valence-electron chi connectivity index (χ3n) is 5.45. The molecule has 3 aromatic carbocycles. The van der Waals surface area contributed by atoms with Crippen LogP contribution in [-0.4, -0.2) is 37.0 Å². The summed E-state index contributed by atoms with van der Waals surface area (Å²) in [6, 6.07) is 24.1. The quantitative estimate of drug-likeness (QED) is 0.404. The van der Waals surface area contributed by atoms with Crippen LogP contribution in [-0.2, 0) is 6.42 Å². The molecule has 176 valence electrons. The molecule has 1 aliphatic rings. The van der Waals surface area contributed by atoms with E-state index in [1.54, 1.807) is 0 Å². The standard InChI is InChI=1S/C26H30N2O3.C2H6/c1-19-7-5-6-10-25(19)28-21-12-14-26-20(15-21)11-13-24(31-26)17-27-16-22(29)18-30-23-8-3-2-4-9-23;1-2/h2-10,12,14-15,22,24,27-29H,11,13,16-18H2,1H3;1-2H3. The van der Waals surface area contributed by atoms with Crippen molar-refractivity contribution in [2.45, 2.75) is 45.8 Å². The zero-order valence-electron chi connectivity index (χ0n) is 19.9. The molecule has 0 aliphatic carbocycles. The summed E-state index contributed by atoms with van der Waals surface area (Å²) in [7, 11) is 0. The fourth-order valence-electron chi connectivity index (χ4n) is 3.71. The Morgan fingerprint density at radius 3 is 2.58 bits per heavy atom. The number of aryl methyl sites for hydroxylation is 2. The fourth-order valence-corrected chi connectivity index (χ4v) is 3.71. The molecule has 0 bridgehead atoms. The van der Waals surface area contributed by atoms with E-state index in [1.807, 2.05) is 62.4 Å². The molecule has 3 aromatic rings. The predicted molar refractivity (Wildman–Crippen MR) is 136 cm³/mol. The molecule has 1 aliphatic heterocycles. The summed E-state index contributed by atoms with van der Waals surface area (Å²) < 4.78 is 11.8. The normalized spacial score (nSPS) is 15.3. The first kappa shape index (κ1) is 24.6. The highest BCUT2D eigenvalue weighted by molar-refractivity contribution is 5.64. The molecule has 5 nitrogen and oxygen atoms in total. The van der Waals surface area contributed by atoms with Crippen LogP contribution in [0.2, 0.25) is 0 Å². The van der Waals surface area contributed by atoms with Crippen LogP contribution in [0, 0.1) is 6.92 Å². The van der Waals surface area contributed by atoms with E-state index in [0.29, 0.717) is 13.1 Å². The molecule has 0 fully saturated rings. The lowest BCUT2D eigenvalue weighted by Gasteiger charge is -2.27. The van der Waals surface area contributed by atoms with Crippen LogP contribution in [0.15, 0.2) is 72.8 Å². The average molecular weight is 449 g/mol. The molecule has 0 aromatic heterocycles. The highest BCUT2D eigenvalue weighted by Crippen LogP contribution is 2.31. The summed E-state index contributed by atoms with van der Waals surface area (Å²) in [5.41, 5.74) is 4.65. The van der Waals surface area contributed by atoms with Gasteiger partial charge in [-0.15, -0.1) is 0 Å². The summed E-state index contributed by atoms with van der Waals surface area (Å²) in [5.74, 6) is 1.71. The van der Waals surface area contributed by atoms with Crippen molar-refractivity contribution < 1.29 is 14.6 Å². The molecule has 33 heavy (non-hydrogen) atoms. The maximum atomic E-state index is 10.1. The van der Waals surface area contributed by atoms with Crippen molar-refractivity contribution in [3.8, 4) is 11.5 Å². The largest absolute Gasteiger partial charge is 0.491 e. The fraction of sp³-hybridized carbons (Fsp3) is 0.357. The molecule has 0 saturated carbocycles. The zero-order valence-corrected chi connectivity index (χ0v) is 19.9. The summed E-state index contributed by atoms with van der Waals surface area (Å²) in [6.45, 7) is 7.54. The predicted octanol–water partition coefficient (Wildman–Crippen LogP) is 5.49. The molecule has 3 N–H and O–H groups in total. The van der Waals surface area contributed by atoms with Gasteiger partial charge < -0.3 is 25.2 Å². The molecule has 4 rings (SSSR count). The van der Waals surface area contributed by atoms with E-state index in [2.05, 4.69) is 41.8 Å². The summed E-state index contributed by atoms with van der Waals surface area (Å²) in [4.78, 5) is 0. The topological polar surface area (TPSA) is 62.8 Å². The SMILES string of the molecule is CC.Cc1ccccc1Nc1ccc2c(c1)CCC(CNCC(O)COc1ccccc1)O2. The Labute approximate surface area is 197 Å². The van der Waals surface area contributed by atoms with Crippen molar-refractivity contribution in [1.82, 2.24) is 5.32 Å². The summed E-state index contributed by atoms with van der Waals surface area (Å²) in [5, 5.41) is 16.9. The van der Waals surface area contributed by atoms with Crippen molar-refractivity contribution in [3.63, 3.8) is 0 Å². The lowest BCUT2D eigenvalue weighted by Crippen LogP contribution is -2.39. The van der Waals surface area contributed by atoms with E-state index >= 15 is 0 Å². The molecule has 0 saturated heterocycles. The van der Waals surface area contributed by atoms with E-state index < -0.39 is 6.10 Å². The van der Waals surface area contributed by atoms with Gasteiger partial charge in [0.05, 0.1) is 0 Å². The van der Waals surface area contributed by atoms with Crippen LogP contribution < -0.4 is 20.1 Å². The van der Waals surface area contributed by atoms with Gasteiger partial charge in [0.25, 0.3) is 0 Å². The first-order valence-electron chi connectivity index (χ1n) is 11.9. The Balaban J connectivity index is 0.00000149. The number of aliphatic hydroxyl groups excluding tert-OH is 1.